The SMILES string of the molecule is C1=CCCC(c2cccc(-c3cccc(CN4C(c5cccc6cc7c(cc56)C=CCC7)N4Cc4ccccc4)c3)c2)=C1. The second-order valence-corrected chi connectivity index (χ2v) is 12.1. The van der Waals surface area contributed by atoms with Gasteiger partial charge in [0.25, 0.3) is 0 Å². The molecule has 5 aromatic carbocycles. The average Bonchev–Trinajstić information content (AvgIpc) is 3.74. The number of rotatable bonds is 7. The number of aryl methyl sites for hydroxylation is 1. The van der Waals surface area contributed by atoms with Crippen molar-refractivity contribution < 1.29 is 0 Å². The quantitative estimate of drug-likeness (QED) is 0.184. The maximum absolute atomic E-state index is 2.55. The molecule has 1 saturated heterocycles. The first-order valence-electron chi connectivity index (χ1n) is 15.6. The number of benzene rings is 5. The fourth-order valence-electron chi connectivity index (χ4n) is 6.93. The third-order valence-electron chi connectivity index (χ3n) is 9.21. The molecule has 0 amide bonds. The molecule has 3 aliphatic rings. The van der Waals surface area contributed by atoms with E-state index in [9.17, 15) is 0 Å². The first kappa shape index (κ1) is 26.2. The van der Waals surface area contributed by atoms with Gasteiger partial charge in [0.2, 0.25) is 0 Å². The fourth-order valence-corrected chi connectivity index (χ4v) is 6.93. The van der Waals surface area contributed by atoms with Gasteiger partial charge in [-0.3, -0.25) is 0 Å². The van der Waals surface area contributed by atoms with Crippen molar-refractivity contribution in [1.29, 1.82) is 0 Å². The van der Waals surface area contributed by atoms with Crippen LogP contribution in [0.25, 0.3) is 33.5 Å². The Bertz CT molecular complexity index is 1890. The molecule has 3 atom stereocenters. The minimum atomic E-state index is 0.243. The smallest absolute Gasteiger partial charge is 0.116 e. The third kappa shape index (κ3) is 5.29. The van der Waals surface area contributed by atoms with Crippen molar-refractivity contribution in [1.82, 2.24) is 10.0 Å². The molecule has 43 heavy (non-hydrogen) atoms. The van der Waals surface area contributed by atoms with Crippen molar-refractivity contribution in [2.75, 3.05) is 0 Å². The zero-order valence-corrected chi connectivity index (χ0v) is 24.5. The summed E-state index contributed by atoms with van der Waals surface area (Å²) in [5, 5.41) is 7.81. The van der Waals surface area contributed by atoms with Crippen LogP contribution >= 0.6 is 0 Å². The molecule has 5 aromatic rings. The summed E-state index contributed by atoms with van der Waals surface area (Å²) in [6.45, 7) is 1.78. The lowest BCUT2D eigenvalue weighted by atomic mass is 9.92. The van der Waals surface area contributed by atoms with Crippen LogP contribution in [0.4, 0.5) is 0 Å². The number of fused-ring (bicyclic) bond motifs is 2. The highest BCUT2D eigenvalue weighted by Crippen LogP contribution is 2.47. The van der Waals surface area contributed by atoms with E-state index in [4.69, 9.17) is 0 Å². The standard InChI is InChI=1S/C41H36N2/c1-3-12-30(13-4-1)28-42-41(39-23-11-22-38-26-35-17-7-8-18-37(35)27-40(38)39)43(42)29-31-14-9-19-33(24-31)36-21-10-20-34(25-36)32-15-5-2-6-16-32/h1-5,8-15,18-27,41H,6-7,16-17,28-29H2. The number of hydrogen-bond donors (Lipinski definition) is 0. The Morgan fingerprint density at radius 1 is 0.605 bits per heavy atom. The molecule has 1 fully saturated rings. The minimum absolute atomic E-state index is 0.243. The normalized spacial score (nSPS) is 20.6. The molecular weight excluding hydrogens is 520 g/mol. The van der Waals surface area contributed by atoms with E-state index in [1.54, 1.807) is 0 Å². The van der Waals surface area contributed by atoms with E-state index in [-0.39, 0.29) is 6.17 Å². The highest BCUT2D eigenvalue weighted by atomic mass is 15.9. The van der Waals surface area contributed by atoms with Crippen molar-refractivity contribution >= 4 is 22.4 Å². The molecule has 2 aliphatic carbocycles. The van der Waals surface area contributed by atoms with Crippen molar-refractivity contribution in [2.45, 2.75) is 44.9 Å². The number of nitrogens with zero attached hydrogens (tertiary/aromatic N) is 2. The van der Waals surface area contributed by atoms with Crippen LogP contribution in [-0.4, -0.2) is 10.0 Å². The van der Waals surface area contributed by atoms with Gasteiger partial charge in [0.15, 0.2) is 0 Å². The van der Waals surface area contributed by atoms with E-state index in [0.717, 1.165) is 38.8 Å². The second kappa shape index (κ2) is 11.3. The molecular formula is C41H36N2. The lowest BCUT2D eigenvalue weighted by Crippen LogP contribution is -2.07. The molecule has 1 aliphatic heterocycles. The Morgan fingerprint density at radius 2 is 1.35 bits per heavy atom. The van der Waals surface area contributed by atoms with Gasteiger partial charge in [0.1, 0.15) is 6.17 Å². The maximum Gasteiger partial charge on any atom is 0.116 e. The molecule has 210 valence electrons. The Hall–Kier alpha value is -4.50. The molecule has 0 N–H and O–H groups in total. The van der Waals surface area contributed by atoms with Crippen LogP contribution < -0.4 is 0 Å². The molecule has 0 aromatic heterocycles. The Balaban J connectivity index is 1.12. The minimum Gasteiger partial charge on any atom is -0.212 e. The van der Waals surface area contributed by atoms with Crippen molar-refractivity contribution in [2.24, 2.45) is 0 Å². The molecule has 0 saturated carbocycles. The summed E-state index contributed by atoms with van der Waals surface area (Å²) in [4.78, 5) is 0. The van der Waals surface area contributed by atoms with Gasteiger partial charge in [-0.25, -0.2) is 10.0 Å². The molecule has 1 heterocycles. The zero-order valence-electron chi connectivity index (χ0n) is 24.5. The summed E-state index contributed by atoms with van der Waals surface area (Å²) in [5.74, 6) is 0. The third-order valence-corrected chi connectivity index (χ3v) is 9.21. The molecule has 0 spiro atoms. The summed E-state index contributed by atoms with van der Waals surface area (Å²) in [7, 11) is 0. The second-order valence-electron chi connectivity index (χ2n) is 12.1. The van der Waals surface area contributed by atoms with Crippen molar-refractivity contribution in [3.8, 4) is 11.1 Å². The molecule has 8 rings (SSSR count). The highest BCUT2D eigenvalue weighted by Gasteiger charge is 2.46. The Kier molecular flexibility index (Phi) is 6.87. The summed E-state index contributed by atoms with van der Waals surface area (Å²) < 4.78 is 0. The van der Waals surface area contributed by atoms with Crippen LogP contribution in [-0.2, 0) is 19.5 Å². The van der Waals surface area contributed by atoms with Crippen LogP contribution in [0.2, 0.25) is 0 Å². The summed E-state index contributed by atoms with van der Waals surface area (Å²) in [6.07, 6.45) is 16.1. The van der Waals surface area contributed by atoms with E-state index in [1.807, 2.05) is 0 Å². The Morgan fingerprint density at radius 3 is 2.21 bits per heavy atom. The molecule has 3 unspecified atom stereocenters. The van der Waals surface area contributed by atoms with E-state index >= 15 is 0 Å². The average molecular weight is 557 g/mol. The molecule has 0 radical (unpaired) electrons. The monoisotopic (exact) mass is 556 g/mol. The van der Waals surface area contributed by atoms with Gasteiger partial charge in [-0.05, 0) is 105 Å². The number of allylic oxidation sites excluding steroid dienone is 5. The van der Waals surface area contributed by atoms with Gasteiger partial charge in [0.05, 0.1) is 0 Å². The molecule has 2 heteroatoms. The van der Waals surface area contributed by atoms with E-state index < -0.39 is 0 Å². The van der Waals surface area contributed by atoms with E-state index in [0.29, 0.717) is 0 Å². The van der Waals surface area contributed by atoms with Gasteiger partial charge < -0.3 is 0 Å². The highest BCUT2D eigenvalue weighted by molar-refractivity contribution is 5.90. The van der Waals surface area contributed by atoms with Gasteiger partial charge in [-0.1, -0.05) is 121 Å². The predicted molar refractivity (Wildman–Crippen MR) is 180 cm³/mol. The van der Waals surface area contributed by atoms with Gasteiger partial charge in [0, 0.05) is 13.1 Å². The topological polar surface area (TPSA) is 6.02 Å². The van der Waals surface area contributed by atoms with Gasteiger partial charge >= 0.3 is 0 Å². The van der Waals surface area contributed by atoms with E-state index in [1.165, 1.54) is 60.9 Å². The summed E-state index contributed by atoms with van der Waals surface area (Å²) >= 11 is 0. The van der Waals surface area contributed by atoms with Crippen LogP contribution in [0.1, 0.15) is 58.8 Å². The van der Waals surface area contributed by atoms with Crippen LogP contribution in [0.15, 0.2) is 133 Å². The Labute approximate surface area is 254 Å². The van der Waals surface area contributed by atoms with Crippen LogP contribution in [0.5, 0.6) is 0 Å². The van der Waals surface area contributed by atoms with Crippen LogP contribution in [0.3, 0.4) is 0 Å². The summed E-state index contributed by atoms with van der Waals surface area (Å²) in [5.41, 5.74) is 12.2. The predicted octanol–water partition coefficient (Wildman–Crippen LogP) is 10.1. The van der Waals surface area contributed by atoms with Gasteiger partial charge in [-0.2, -0.15) is 0 Å². The molecule has 0 bridgehead atoms. The molecule has 2 nitrogen and oxygen atoms in total. The fraction of sp³-hybridized carbons (Fsp3) is 0.171. The maximum atomic E-state index is 2.55. The largest absolute Gasteiger partial charge is 0.212 e. The summed E-state index contributed by atoms with van der Waals surface area (Å²) in [6, 6.07) is 40.8. The van der Waals surface area contributed by atoms with Crippen LogP contribution in [0, 0.1) is 0 Å². The lowest BCUT2D eigenvalue weighted by Gasteiger charge is -2.14. The first-order valence-corrected chi connectivity index (χ1v) is 15.6. The number of hydrazine groups is 1. The first-order chi connectivity index (χ1) is 21.3. The van der Waals surface area contributed by atoms with Crippen molar-refractivity contribution in [3.63, 3.8) is 0 Å². The zero-order chi connectivity index (χ0) is 28.6. The lowest BCUT2D eigenvalue weighted by molar-refractivity contribution is 0.293. The van der Waals surface area contributed by atoms with Crippen molar-refractivity contribution in [3.05, 3.63) is 167 Å². The number of hydrogen-bond acceptors (Lipinski definition) is 2. The van der Waals surface area contributed by atoms with Gasteiger partial charge in [-0.15, -0.1) is 0 Å². The van der Waals surface area contributed by atoms with E-state index in [2.05, 4.69) is 150 Å².